The summed E-state index contributed by atoms with van der Waals surface area (Å²) in [6, 6.07) is 9.89. The van der Waals surface area contributed by atoms with E-state index in [1.54, 1.807) is 6.20 Å². The van der Waals surface area contributed by atoms with Gasteiger partial charge in [0.05, 0.1) is 6.61 Å². The molecule has 3 amide bonds. The smallest absolute Gasteiger partial charge is 0.319 e. The number of hydrogen-bond donors (Lipinski definition) is 1. The van der Waals surface area contributed by atoms with E-state index in [-0.39, 0.29) is 17.9 Å². The number of benzene rings is 1. The number of piperidine rings is 1. The van der Waals surface area contributed by atoms with E-state index in [0.29, 0.717) is 39.3 Å². The van der Waals surface area contributed by atoms with Crippen LogP contribution in [0.5, 0.6) is 5.75 Å². The van der Waals surface area contributed by atoms with Crippen molar-refractivity contribution in [1.82, 2.24) is 20.1 Å². The van der Waals surface area contributed by atoms with Crippen LogP contribution in [0.1, 0.15) is 33.1 Å². The van der Waals surface area contributed by atoms with Crippen LogP contribution in [-0.2, 0) is 4.79 Å². The molecule has 1 saturated heterocycles. The van der Waals surface area contributed by atoms with E-state index in [0.717, 1.165) is 35.9 Å². The number of carbonyl (C=O) groups excluding carboxylic acids is 2. The van der Waals surface area contributed by atoms with Crippen molar-refractivity contribution in [3.63, 3.8) is 0 Å². The van der Waals surface area contributed by atoms with Crippen molar-refractivity contribution < 1.29 is 14.3 Å². The van der Waals surface area contributed by atoms with Gasteiger partial charge in [0.2, 0.25) is 5.91 Å². The first-order valence-electron chi connectivity index (χ1n) is 10.9. The van der Waals surface area contributed by atoms with E-state index in [1.807, 2.05) is 54.0 Å². The van der Waals surface area contributed by atoms with Crippen molar-refractivity contribution >= 4 is 22.8 Å². The van der Waals surface area contributed by atoms with Gasteiger partial charge in [-0.05, 0) is 45.2 Å². The number of hydrogen-bond acceptors (Lipinski definition) is 4. The molecule has 0 unspecified atom stereocenters. The molecule has 2 aromatic rings. The van der Waals surface area contributed by atoms with Gasteiger partial charge in [-0.2, -0.15) is 0 Å². The minimum absolute atomic E-state index is 0.0195. The zero-order valence-electron chi connectivity index (χ0n) is 18.0. The average molecular weight is 413 g/mol. The highest BCUT2D eigenvalue weighted by Gasteiger charge is 2.28. The predicted octanol–water partition coefficient (Wildman–Crippen LogP) is 3.29. The Hall–Kier alpha value is -2.83. The van der Waals surface area contributed by atoms with Crippen molar-refractivity contribution in [3.05, 3.63) is 36.5 Å². The molecule has 1 fully saturated rings. The molecule has 0 radical (unpaired) electrons. The second kappa shape index (κ2) is 10.8. The first-order chi connectivity index (χ1) is 14.6. The fraction of sp³-hybridized carbons (Fsp3) is 0.522. The third kappa shape index (κ3) is 5.40. The number of urea groups is 1. The van der Waals surface area contributed by atoms with Gasteiger partial charge in [0.15, 0.2) is 0 Å². The molecular formula is C23H32N4O3. The van der Waals surface area contributed by atoms with Crippen LogP contribution in [0.3, 0.4) is 0 Å². The van der Waals surface area contributed by atoms with Crippen LogP contribution in [0.25, 0.3) is 10.9 Å². The lowest BCUT2D eigenvalue weighted by Gasteiger charge is -2.34. The Labute approximate surface area is 178 Å². The summed E-state index contributed by atoms with van der Waals surface area (Å²) in [5.74, 6) is 0.829. The van der Waals surface area contributed by atoms with Gasteiger partial charge in [-0.15, -0.1) is 0 Å². The highest BCUT2D eigenvalue weighted by atomic mass is 16.5. The average Bonchev–Trinajstić information content (AvgIpc) is 2.79. The van der Waals surface area contributed by atoms with E-state index in [1.165, 1.54) is 0 Å². The quantitative estimate of drug-likeness (QED) is 0.675. The van der Waals surface area contributed by atoms with Crippen molar-refractivity contribution in [3.8, 4) is 5.75 Å². The Kier molecular flexibility index (Phi) is 7.88. The van der Waals surface area contributed by atoms with Gasteiger partial charge in [0.1, 0.15) is 11.3 Å². The summed E-state index contributed by atoms with van der Waals surface area (Å²) in [7, 11) is 0. The lowest BCUT2D eigenvalue weighted by molar-refractivity contribution is -0.126. The summed E-state index contributed by atoms with van der Waals surface area (Å²) in [4.78, 5) is 32.9. The summed E-state index contributed by atoms with van der Waals surface area (Å²) in [5.41, 5.74) is 0.857. The molecule has 3 rings (SSSR count). The molecule has 0 saturated carbocycles. The van der Waals surface area contributed by atoms with Gasteiger partial charge in [-0.25, -0.2) is 4.79 Å². The number of amides is 3. The molecule has 1 aliphatic rings. The van der Waals surface area contributed by atoms with Gasteiger partial charge >= 0.3 is 6.03 Å². The topological polar surface area (TPSA) is 74.8 Å². The van der Waals surface area contributed by atoms with E-state index in [4.69, 9.17) is 4.74 Å². The fourth-order valence-corrected chi connectivity index (χ4v) is 3.83. The molecule has 162 valence electrons. The predicted molar refractivity (Wildman–Crippen MR) is 117 cm³/mol. The maximum absolute atomic E-state index is 12.5. The van der Waals surface area contributed by atoms with Crippen LogP contribution in [0.15, 0.2) is 36.5 Å². The number of rotatable bonds is 8. The Bertz CT molecular complexity index is 840. The first kappa shape index (κ1) is 21.9. The molecule has 0 spiro atoms. The Morgan fingerprint density at radius 1 is 1.17 bits per heavy atom. The lowest BCUT2D eigenvalue weighted by Crippen LogP contribution is -2.48. The Morgan fingerprint density at radius 2 is 1.90 bits per heavy atom. The Morgan fingerprint density at radius 3 is 2.63 bits per heavy atom. The number of pyridine rings is 1. The van der Waals surface area contributed by atoms with Crippen LogP contribution in [0.4, 0.5) is 4.79 Å². The fourth-order valence-electron chi connectivity index (χ4n) is 3.83. The third-order valence-corrected chi connectivity index (χ3v) is 5.64. The minimum Gasteiger partial charge on any atom is -0.491 e. The molecule has 0 aliphatic carbocycles. The van der Waals surface area contributed by atoms with Gasteiger partial charge in [0, 0.05) is 50.2 Å². The summed E-state index contributed by atoms with van der Waals surface area (Å²) in [6.07, 6.45) is 3.93. The second-order valence-corrected chi connectivity index (χ2v) is 7.54. The number of aromatic nitrogens is 1. The van der Waals surface area contributed by atoms with Gasteiger partial charge in [-0.1, -0.05) is 18.2 Å². The van der Waals surface area contributed by atoms with E-state index in [2.05, 4.69) is 10.3 Å². The molecule has 0 bridgehead atoms. The standard InChI is InChI=1S/C23H32N4O3/c1-3-26(4-2)23(29)27-15-11-19(12-16-27)22(28)25-14-7-17-30-20-10-5-8-18-9-6-13-24-21(18)20/h5-6,8-10,13,19H,3-4,7,11-12,14-17H2,1-2H3,(H,25,28). The van der Waals surface area contributed by atoms with Gasteiger partial charge in [0.25, 0.3) is 0 Å². The monoisotopic (exact) mass is 412 g/mol. The number of nitrogens with zero attached hydrogens (tertiary/aromatic N) is 3. The number of carbonyl (C=O) groups is 2. The summed E-state index contributed by atoms with van der Waals surface area (Å²) < 4.78 is 5.87. The first-order valence-corrected chi connectivity index (χ1v) is 10.9. The van der Waals surface area contributed by atoms with Gasteiger partial charge in [-0.3, -0.25) is 9.78 Å². The molecule has 1 aromatic heterocycles. The molecule has 1 aliphatic heterocycles. The van der Waals surface area contributed by atoms with Crippen molar-refractivity contribution in [1.29, 1.82) is 0 Å². The maximum Gasteiger partial charge on any atom is 0.319 e. The summed E-state index contributed by atoms with van der Waals surface area (Å²) in [5, 5.41) is 4.07. The minimum atomic E-state index is -0.0195. The summed E-state index contributed by atoms with van der Waals surface area (Å²) in [6.45, 7) is 7.79. The molecule has 0 atom stereocenters. The lowest BCUT2D eigenvalue weighted by atomic mass is 9.96. The number of likely N-dealkylation sites (tertiary alicyclic amines) is 1. The van der Waals surface area contributed by atoms with E-state index in [9.17, 15) is 9.59 Å². The Balaban J connectivity index is 1.36. The second-order valence-electron chi connectivity index (χ2n) is 7.54. The van der Waals surface area contributed by atoms with E-state index >= 15 is 0 Å². The van der Waals surface area contributed by atoms with Crippen LogP contribution >= 0.6 is 0 Å². The third-order valence-electron chi connectivity index (χ3n) is 5.64. The van der Waals surface area contributed by atoms with Crippen LogP contribution in [-0.4, -0.2) is 66.1 Å². The zero-order chi connectivity index (χ0) is 21.3. The molecule has 7 heteroatoms. The highest BCUT2D eigenvalue weighted by Crippen LogP contribution is 2.23. The molecule has 2 heterocycles. The molecule has 1 N–H and O–H groups in total. The molecular weight excluding hydrogens is 380 g/mol. The van der Waals surface area contributed by atoms with Crippen LogP contribution < -0.4 is 10.1 Å². The number of nitrogens with one attached hydrogen (secondary N) is 1. The molecule has 7 nitrogen and oxygen atoms in total. The molecule has 30 heavy (non-hydrogen) atoms. The number of para-hydroxylation sites is 1. The van der Waals surface area contributed by atoms with Crippen LogP contribution in [0.2, 0.25) is 0 Å². The normalized spacial score (nSPS) is 14.5. The summed E-state index contributed by atoms with van der Waals surface area (Å²) >= 11 is 0. The molecule has 1 aromatic carbocycles. The largest absolute Gasteiger partial charge is 0.491 e. The van der Waals surface area contributed by atoms with Crippen molar-refractivity contribution in [2.45, 2.75) is 33.1 Å². The highest BCUT2D eigenvalue weighted by molar-refractivity contribution is 5.84. The SMILES string of the molecule is CCN(CC)C(=O)N1CCC(C(=O)NCCCOc2cccc3cccnc23)CC1. The van der Waals surface area contributed by atoms with Crippen LogP contribution in [0, 0.1) is 5.92 Å². The van der Waals surface area contributed by atoms with Crippen molar-refractivity contribution in [2.75, 3.05) is 39.3 Å². The number of fused-ring (bicyclic) bond motifs is 1. The maximum atomic E-state index is 12.5. The number of ether oxygens (including phenoxy) is 1. The van der Waals surface area contributed by atoms with Gasteiger partial charge < -0.3 is 19.9 Å². The van der Waals surface area contributed by atoms with Crippen molar-refractivity contribution in [2.24, 2.45) is 5.92 Å². The zero-order valence-corrected chi connectivity index (χ0v) is 18.0. The van der Waals surface area contributed by atoms with E-state index < -0.39 is 0 Å².